The minimum atomic E-state index is -0.0822. The van der Waals surface area contributed by atoms with Gasteiger partial charge in [-0.2, -0.15) is 0 Å². The number of ether oxygens (including phenoxy) is 1. The molecule has 3 heteroatoms. The lowest BCUT2D eigenvalue weighted by atomic mass is 9.78. The van der Waals surface area contributed by atoms with Crippen molar-refractivity contribution < 1.29 is 9.53 Å². The second-order valence-electron chi connectivity index (χ2n) is 4.80. The maximum atomic E-state index is 11.3. The number of methoxy groups -OCH3 is 1. The molecule has 0 aromatic rings. The van der Waals surface area contributed by atoms with E-state index in [2.05, 4.69) is 4.90 Å². The van der Waals surface area contributed by atoms with Crippen LogP contribution in [-0.4, -0.2) is 37.1 Å². The molecule has 2 aliphatic rings. The van der Waals surface area contributed by atoms with E-state index in [1.165, 1.54) is 45.6 Å². The van der Waals surface area contributed by atoms with Crippen LogP contribution >= 0.6 is 0 Å². The second kappa shape index (κ2) is 4.97. The van der Waals surface area contributed by atoms with Crippen LogP contribution in [0.1, 0.15) is 38.5 Å². The molecule has 0 radical (unpaired) electrons. The number of carbonyl (C=O) groups is 1. The Bertz CT molecular complexity index is 228. The number of nitrogens with zero attached hydrogens (tertiary/aromatic N) is 1. The molecule has 0 bridgehead atoms. The normalized spacial score (nSPS) is 32.1. The van der Waals surface area contributed by atoms with Gasteiger partial charge < -0.3 is 4.74 Å². The molecule has 2 rings (SSSR count). The number of fused-ring (bicyclic) bond motifs is 1. The highest BCUT2D eigenvalue weighted by molar-refractivity contribution is 5.71. The van der Waals surface area contributed by atoms with Gasteiger partial charge in [-0.05, 0) is 38.1 Å². The van der Waals surface area contributed by atoms with Gasteiger partial charge in [0.25, 0.3) is 0 Å². The van der Waals surface area contributed by atoms with Crippen LogP contribution in [0.2, 0.25) is 0 Å². The minimum absolute atomic E-state index is 0.0822. The highest BCUT2D eigenvalue weighted by Gasteiger charge is 2.33. The summed E-state index contributed by atoms with van der Waals surface area (Å²) in [5.41, 5.74) is 0. The van der Waals surface area contributed by atoms with Gasteiger partial charge in [-0.1, -0.05) is 12.8 Å². The van der Waals surface area contributed by atoms with Crippen molar-refractivity contribution in [3.8, 4) is 0 Å². The molecule has 2 fully saturated rings. The Kier molecular flexibility index (Phi) is 3.62. The molecule has 0 amide bonds. The third kappa shape index (κ3) is 2.51. The van der Waals surface area contributed by atoms with Gasteiger partial charge in [0.1, 0.15) is 0 Å². The van der Waals surface area contributed by atoms with Gasteiger partial charge in [0.15, 0.2) is 0 Å². The van der Waals surface area contributed by atoms with Gasteiger partial charge in [0.2, 0.25) is 0 Å². The SMILES string of the molecule is COC(=O)CN1CCCC2CCCCC21. The molecule has 15 heavy (non-hydrogen) atoms. The standard InChI is InChI=1S/C12H21NO2/c1-15-12(14)9-13-8-4-6-10-5-2-3-7-11(10)13/h10-11H,2-9H2,1H3. The number of piperidine rings is 1. The number of esters is 1. The van der Waals surface area contributed by atoms with E-state index < -0.39 is 0 Å². The van der Waals surface area contributed by atoms with E-state index in [0.717, 1.165) is 12.5 Å². The van der Waals surface area contributed by atoms with Crippen molar-refractivity contribution in [1.82, 2.24) is 4.90 Å². The summed E-state index contributed by atoms with van der Waals surface area (Å²) in [5.74, 6) is 0.762. The highest BCUT2D eigenvalue weighted by atomic mass is 16.5. The van der Waals surface area contributed by atoms with Gasteiger partial charge in [-0.15, -0.1) is 0 Å². The van der Waals surface area contributed by atoms with Crippen LogP contribution in [0, 0.1) is 5.92 Å². The van der Waals surface area contributed by atoms with Crippen molar-refractivity contribution >= 4 is 5.97 Å². The Balaban J connectivity index is 1.94. The van der Waals surface area contributed by atoms with Crippen molar-refractivity contribution in [2.24, 2.45) is 5.92 Å². The lowest BCUT2D eigenvalue weighted by molar-refractivity contribution is -0.143. The van der Waals surface area contributed by atoms with Gasteiger partial charge in [-0.25, -0.2) is 0 Å². The zero-order valence-electron chi connectivity index (χ0n) is 9.58. The Labute approximate surface area is 91.8 Å². The molecule has 1 saturated heterocycles. The van der Waals surface area contributed by atoms with E-state index >= 15 is 0 Å². The zero-order chi connectivity index (χ0) is 10.7. The van der Waals surface area contributed by atoms with E-state index in [1.54, 1.807) is 0 Å². The molecule has 0 aromatic carbocycles. The first-order chi connectivity index (χ1) is 7.31. The fourth-order valence-electron chi connectivity index (χ4n) is 3.15. The fraction of sp³-hybridized carbons (Fsp3) is 0.917. The Morgan fingerprint density at radius 1 is 1.27 bits per heavy atom. The predicted octanol–water partition coefficient (Wildman–Crippen LogP) is 1.81. The zero-order valence-corrected chi connectivity index (χ0v) is 9.58. The van der Waals surface area contributed by atoms with Crippen molar-refractivity contribution in [2.45, 2.75) is 44.6 Å². The van der Waals surface area contributed by atoms with Crippen LogP contribution in [0.5, 0.6) is 0 Å². The first-order valence-electron chi connectivity index (χ1n) is 6.12. The van der Waals surface area contributed by atoms with Gasteiger partial charge in [0, 0.05) is 6.04 Å². The van der Waals surface area contributed by atoms with Crippen molar-refractivity contribution in [3.63, 3.8) is 0 Å². The summed E-state index contributed by atoms with van der Waals surface area (Å²) >= 11 is 0. The van der Waals surface area contributed by atoms with Crippen LogP contribution in [0.15, 0.2) is 0 Å². The lowest BCUT2D eigenvalue weighted by Crippen LogP contribution is -2.48. The summed E-state index contributed by atoms with van der Waals surface area (Å²) in [6.45, 7) is 1.58. The molecule has 1 saturated carbocycles. The van der Waals surface area contributed by atoms with E-state index in [4.69, 9.17) is 4.74 Å². The maximum Gasteiger partial charge on any atom is 0.319 e. The number of hydrogen-bond acceptors (Lipinski definition) is 3. The molecular weight excluding hydrogens is 190 g/mol. The molecule has 2 unspecified atom stereocenters. The largest absolute Gasteiger partial charge is 0.468 e. The molecule has 86 valence electrons. The van der Waals surface area contributed by atoms with E-state index in [1.807, 2.05) is 0 Å². The summed E-state index contributed by atoms with van der Waals surface area (Å²) in [6, 6.07) is 0.659. The first kappa shape index (κ1) is 10.9. The molecule has 1 aliphatic heterocycles. The average Bonchev–Trinajstić information content (AvgIpc) is 2.29. The second-order valence-corrected chi connectivity index (χ2v) is 4.80. The van der Waals surface area contributed by atoms with E-state index in [-0.39, 0.29) is 5.97 Å². The minimum Gasteiger partial charge on any atom is -0.468 e. The Morgan fingerprint density at radius 2 is 2.00 bits per heavy atom. The van der Waals surface area contributed by atoms with Crippen LogP contribution in [0.25, 0.3) is 0 Å². The molecule has 0 N–H and O–H groups in total. The highest BCUT2D eigenvalue weighted by Crippen LogP contribution is 2.34. The number of rotatable bonds is 2. The smallest absolute Gasteiger partial charge is 0.319 e. The molecule has 0 spiro atoms. The molecule has 1 heterocycles. The third-order valence-corrected chi connectivity index (χ3v) is 3.92. The Hall–Kier alpha value is -0.570. The average molecular weight is 211 g/mol. The molecule has 3 nitrogen and oxygen atoms in total. The number of carbonyl (C=O) groups excluding carboxylic acids is 1. The molecule has 2 atom stereocenters. The van der Waals surface area contributed by atoms with Gasteiger partial charge in [0.05, 0.1) is 13.7 Å². The number of likely N-dealkylation sites (tertiary alicyclic amines) is 1. The lowest BCUT2D eigenvalue weighted by Gasteiger charge is -2.43. The molecule has 0 aromatic heterocycles. The van der Waals surface area contributed by atoms with E-state index in [9.17, 15) is 4.79 Å². The summed E-state index contributed by atoms with van der Waals surface area (Å²) in [5, 5.41) is 0. The van der Waals surface area contributed by atoms with Crippen LogP contribution < -0.4 is 0 Å². The summed E-state index contributed by atoms with van der Waals surface area (Å²) < 4.78 is 4.75. The summed E-state index contributed by atoms with van der Waals surface area (Å²) in [4.78, 5) is 13.6. The van der Waals surface area contributed by atoms with Crippen LogP contribution in [0.4, 0.5) is 0 Å². The Morgan fingerprint density at radius 3 is 2.80 bits per heavy atom. The van der Waals surface area contributed by atoms with Crippen molar-refractivity contribution in [2.75, 3.05) is 20.2 Å². The monoisotopic (exact) mass is 211 g/mol. The topological polar surface area (TPSA) is 29.5 Å². The summed E-state index contributed by atoms with van der Waals surface area (Å²) in [6.07, 6.45) is 7.97. The number of hydrogen-bond donors (Lipinski definition) is 0. The predicted molar refractivity (Wildman–Crippen MR) is 58.6 cm³/mol. The fourth-order valence-corrected chi connectivity index (χ4v) is 3.15. The van der Waals surface area contributed by atoms with Crippen molar-refractivity contribution in [1.29, 1.82) is 0 Å². The van der Waals surface area contributed by atoms with Gasteiger partial charge in [-0.3, -0.25) is 9.69 Å². The molecule has 1 aliphatic carbocycles. The van der Waals surface area contributed by atoms with Crippen LogP contribution in [0.3, 0.4) is 0 Å². The summed E-state index contributed by atoms with van der Waals surface area (Å²) in [7, 11) is 1.48. The third-order valence-electron chi connectivity index (χ3n) is 3.92. The van der Waals surface area contributed by atoms with Crippen molar-refractivity contribution in [3.05, 3.63) is 0 Å². The maximum absolute atomic E-state index is 11.3. The first-order valence-corrected chi connectivity index (χ1v) is 6.12. The molecular formula is C12H21NO2. The van der Waals surface area contributed by atoms with Crippen LogP contribution in [-0.2, 0) is 9.53 Å². The van der Waals surface area contributed by atoms with Gasteiger partial charge >= 0.3 is 5.97 Å². The van der Waals surface area contributed by atoms with E-state index in [0.29, 0.717) is 12.6 Å². The quantitative estimate of drug-likeness (QED) is 0.652.